The Balaban J connectivity index is 0.00000361. The fraction of sp³-hybridized carbons (Fsp3) is 0.625. The van der Waals surface area contributed by atoms with Crippen LogP contribution in [0.15, 0.2) is 12.1 Å². The van der Waals surface area contributed by atoms with Crippen LogP contribution in [0.1, 0.15) is 38.7 Å². The number of carboxylic acid groups (broad SMARTS) is 1. The summed E-state index contributed by atoms with van der Waals surface area (Å²) in [6.07, 6.45) is 0.891. The largest absolute Gasteiger partial charge is 0.480 e. The van der Waals surface area contributed by atoms with Crippen LogP contribution in [0.5, 0.6) is 0 Å². The molecule has 0 spiro atoms. The van der Waals surface area contributed by atoms with E-state index in [1.165, 1.54) is 16.7 Å². The number of thioether (sulfide) groups is 1. The normalized spacial score (nSPS) is 19.9. The highest BCUT2D eigenvalue weighted by atomic mass is 35.5. The molecule has 216 valence electrons. The van der Waals surface area contributed by atoms with E-state index in [0.29, 0.717) is 44.3 Å². The summed E-state index contributed by atoms with van der Waals surface area (Å²) in [4.78, 5) is 40.8. The number of hydrogen-bond acceptors (Lipinski definition) is 6. The molecule has 2 heterocycles. The third-order valence-corrected chi connectivity index (χ3v) is 7.80. The lowest BCUT2D eigenvalue weighted by Crippen LogP contribution is -2.54. The Hall–Kier alpha value is -1.73. The van der Waals surface area contributed by atoms with Crippen molar-refractivity contribution in [1.29, 1.82) is 0 Å². The summed E-state index contributed by atoms with van der Waals surface area (Å²) in [6, 6.07) is -0.330. The van der Waals surface area contributed by atoms with Crippen LogP contribution in [0.3, 0.4) is 0 Å². The van der Waals surface area contributed by atoms with Gasteiger partial charge in [-0.2, -0.15) is 0 Å². The monoisotopic (exact) mass is 602 g/mol. The van der Waals surface area contributed by atoms with Crippen molar-refractivity contribution in [3.05, 3.63) is 35.1 Å². The van der Waals surface area contributed by atoms with E-state index in [2.05, 4.69) is 5.32 Å². The zero-order valence-corrected chi connectivity index (χ0v) is 23.7. The Morgan fingerprint density at radius 3 is 2.26 bits per heavy atom. The molecule has 2 aliphatic rings. The summed E-state index contributed by atoms with van der Waals surface area (Å²) in [5.41, 5.74) is 5.88. The Labute approximate surface area is 237 Å². The third kappa shape index (κ3) is 8.64. The average molecular weight is 604 g/mol. The molecular formula is C24H35Cl2F3N4O4S. The van der Waals surface area contributed by atoms with E-state index < -0.39 is 40.9 Å². The number of halogens is 5. The van der Waals surface area contributed by atoms with Gasteiger partial charge < -0.3 is 21.1 Å². The number of likely N-dealkylation sites (tertiary alicyclic amines) is 1. The summed E-state index contributed by atoms with van der Waals surface area (Å²) in [7, 11) is 0. The molecule has 2 aliphatic heterocycles. The predicted molar refractivity (Wildman–Crippen MR) is 144 cm³/mol. The quantitative estimate of drug-likeness (QED) is 0.372. The number of nitrogens with zero attached hydrogens (tertiary/aromatic N) is 2. The number of amides is 2. The van der Waals surface area contributed by atoms with Gasteiger partial charge in [0, 0.05) is 50.0 Å². The van der Waals surface area contributed by atoms with Crippen molar-refractivity contribution in [2.75, 3.05) is 25.4 Å². The molecule has 8 nitrogen and oxygen atoms in total. The number of benzene rings is 1. The van der Waals surface area contributed by atoms with E-state index in [4.69, 9.17) is 5.73 Å². The number of aliphatic carboxylic acids is 1. The van der Waals surface area contributed by atoms with E-state index in [9.17, 15) is 32.7 Å². The zero-order valence-electron chi connectivity index (χ0n) is 21.2. The number of carbonyl (C=O) groups is 3. The molecule has 0 radical (unpaired) electrons. The number of rotatable bonds is 9. The first-order valence-corrected chi connectivity index (χ1v) is 13.1. The van der Waals surface area contributed by atoms with Gasteiger partial charge >= 0.3 is 5.97 Å². The van der Waals surface area contributed by atoms with Crippen molar-refractivity contribution in [2.45, 2.75) is 63.0 Å². The molecule has 1 aromatic carbocycles. The molecule has 14 heteroatoms. The van der Waals surface area contributed by atoms with Crippen LogP contribution in [-0.2, 0) is 20.8 Å². The maximum absolute atomic E-state index is 13.9. The van der Waals surface area contributed by atoms with Crippen LogP contribution in [0, 0.1) is 23.4 Å². The van der Waals surface area contributed by atoms with Crippen LogP contribution in [0.25, 0.3) is 0 Å². The Morgan fingerprint density at radius 1 is 1.08 bits per heavy atom. The molecule has 2 saturated heterocycles. The van der Waals surface area contributed by atoms with Crippen molar-refractivity contribution >= 4 is 54.4 Å². The van der Waals surface area contributed by atoms with Crippen LogP contribution in [0.4, 0.5) is 13.2 Å². The minimum atomic E-state index is -1.30. The van der Waals surface area contributed by atoms with Gasteiger partial charge in [0.15, 0.2) is 17.0 Å². The number of nitrogens with one attached hydrogen (secondary N) is 1. The zero-order chi connectivity index (χ0) is 26.6. The molecule has 0 saturated carbocycles. The summed E-state index contributed by atoms with van der Waals surface area (Å²) in [6.45, 7) is 5.21. The molecule has 2 fully saturated rings. The second kappa shape index (κ2) is 15.2. The SMILES string of the molecule is CC(C)C(C(=O)O)N1CCC(NC(=O)C2SCCN2C(=O)C[C@H](N)Cc2cc(F)c(F)cc2F)CC1.Cl.Cl. The molecule has 2 unspecified atom stereocenters. The first-order valence-electron chi connectivity index (χ1n) is 12.0. The van der Waals surface area contributed by atoms with Gasteiger partial charge in [0.1, 0.15) is 11.9 Å². The maximum Gasteiger partial charge on any atom is 0.321 e. The van der Waals surface area contributed by atoms with Crippen LogP contribution < -0.4 is 11.1 Å². The van der Waals surface area contributed by atoms with E-state index in [-0.39, 0.29) is 67.0 Å². The number of carbonyl (C=O) groups excluding carboxylic acids is 2. The lowest BCUT2D eigenvalue weighted by Gasteiger charge is -2.38. The van der Waals surface area contributed by atoms with E-state index >= 15 is 0 Å². The van der Waals surface area contributed by atoms with Crippen molar-refractivity contribution in [3.63, 3.8) is 0 Å². The fourth-order valence-corrected chi connectivity index (χ4v) is 5.96. The lowest BCUT2D eigenvalue weighted by molar-refractivity contribution is -0.145. The number of piperidine rings is 1. The van der Waals surface area contributed by atoms with Gasteiger partial charge in [-0.1, -0.05) is 13.8 Å². The van der Waals surface area contributed by atoms with Gasteiger partial charge in [-0.05, 0) is 36.8 Å². The molecule has 0 aliphatic carbocycles. The van der Waals surface area contributed by atoms with Gasteiger partial charge in [0.05, 0.1) is 0 Å². The first kappa shape index (κ1) is 34.3. The molecule has 0 bridgehead atoms. The standard InChI is InChI=1S/C24H33F3N4O4S.2ClH/c1-13(2)21(24(34)35)30-5-3-16(4-6-30)29-22(33)23-31(7-8-36-23)20(32)11-15(28)9-14-10-18(26)19(27)12-17(14)25;;/h10,12-13,15-16,21,23H,3-9,11,28H2,1-2H3,(H,29,33)(H,34,35);2*1H/t15-,21?,23?;;/m1../s1. The topological polar surface area (TPSA) is 116 Å². The highest BCUT2D eigenvalue weighted by Gasteiger charge is 2.37. The molecule has 38 heavy (non-hydrogen) atoms. The summed E-state index contributed by atoms with van der Waals surface area (Å²) in [5, 5.41) is 11.8. The number of nitrogens with two attached hydrogens (primary N) is 1. The van der Waals surface area contributed by atoms with E-state index in [1.54, 1.807) is 0 Å². The van der Waals surface area contributed by atoms with E-state index in [1.807, 2.05) is 18.7 Å². The van der Waals surface area contributed by atoms with Gasteiger partial charge in [0.25, 0.3) is 5.91 Å². The predicted octanol–water partition coefficient (Wildman–Crippen LogP) is 2.80. The molecule has 0 aromatic heterocycles. The second-order valence-electron chi connectivity index (χ2n) is 9.68. The molecule has 3 atom stereocenters. The lowest BCUT2D eigenvalue weighted by atomic mass is 9.97. The first-order chi connectivity index (χ1) is 17.0. The van der Waals surface area contributed by atoms with Crippen LogP contribution >= 0.6 is 36.6 Å². The van der Waals surface area contributed by atoms with Crippen molar-refractivity contribution < 1.29 is 32.7 Å². The summed E-state index contributed by atoms with van der Waals surface area (Å²) in [5.74, 6) is -4.39. The highest BCUT2D eigenvalue weighted by Crippen LogP contribution is 2.26. The second-order valence-corrected chi connectivity index (χ2v) is 10.9. The minimum Gasteiger partial charge on any atom is -0.480 e. The molecule has 1 aromatic rings. The van der Waals surface area contributed by atoms with Gasteiger partial charge in [-0.25, -0.2) is 13.2 Å². The summed E-state index contributed by atoms with van der Waals surface area (Å²) >= 11 is 1.34. The fourth-order valence-electron chi connectivity index (χ4n) is 4.82. The maximum atomic E-state index is 13.9. The van der Waals surface area contributed by atoms with Crippen LogP contribution in [-0.4, -0.2) is 81.6 Å². The van der Waals surface area contributed by atoms with E-state index in [0.717, 1.165) is 6.07 Å². The van der Waals surface area contributed by atoms with Gasteiger partial charge in [0.2, 0.25) is 5.91 Å². The molecule has 3 rings (SSSR count). The van der Waals surface area contributed by atoms with Crippen LogP contribution in [0.2, 0.25) is 0 Å². The average Bonchev–Trinajstić information content (AvgIpc) is 3.28. The van der Waals surface area contributed by atoms with Gasteiger partial charge in [-0.15, -0.1) is 36.6 Å². The molecule has 2 amide bonds. The van der Waals surface area contributed by atoms with Gasteiger partial charge in [-0.3, -0.25) is 19.3 Å². The molecular weight excluding hydrogens is 568 g/mol. The smallest absolute Gasteiger partial charge is 0.321 e. The summed E-state index contributed by atoms with van der Waals surface area (Å²) < 4.78 is 40.5. The Bertz CT molecular complexity index is 986. The minimum absolute atomic E-state index is 0. The highest BCUT2D eigenvalue weighted by molar-refractivity contribution is 8.00. The number of carboxylic acids is 1. The third-order valence-electron chi connectivity index (χ3n) is 6.60. The van der Waals surface area contributed by atoms with Crippen molar-refractivity contribution in [2.24, 2.45) is 11.7 Å². The Morgan fingerprint density at radius 2 is 1.68 bits per heavy atom. The van der Waals surface area contributed by atoms with Crippen molar-refractivity contribution in [1.82, 2.24) is 15.1 Å². The molecule has 4 N–H and O–H groups in total. The number of hydrogen-bond donors (Lipinski definition) is 3. The Kier molecular flexibility index (Phi) is 13.7. The van der Waals surface area contributed by atoms with Crippen molar-refractivity contribution in [3.8, 4) is 0 Å².